The Morgan fingerprint density at radius 3 is 2.54 bits per heavy atom. The third-order valence-corrected chi connectivity index (χ3v) is 3.68. The quantitative estimate of drug-likeness (QED) is 0.544. The lowest BCUT2D eigenvalue weighted by Crippen LogP contribution is -2.14. The number of nitriles is 1. The fraction of sp³-hybridized carbons (Fsp3) is 0.0588. The maximum atomic E-state index is 12.7. The van der Waals surface area contributed by atoms with Gasteiger partial charge in [0.25, 0.3) is 5.91 Å². The first kappa shape index (κ1) is 19.6. The average Bonchev–Trinajstić information content (AvgIpc) is 2.56. The van der Waals surface area contributed by atoms with E-state index >= 15 is 0 Å². The molecule has 0 saturated heterocycles. The van der Waals surface area contributed by atoms with E-state index in [0.29, 0.717) is 0 Å². The summed E-state index contributed by atoms with van der Waals surface area (Å²) in [5.74, 6) is -1.35. The summed E-state index contributed by atoms with van der Waals surface area (Å²) in [5.41, 5.74) is -1.54. The molecule has 0 saturated carbocycles. The molecule has 0 aromatic heterocycles. The molecule has 26 heavy (non-hydrogen) atoms. The van der Waals surface area contributed by atoms with E-state index in [-0.39, 0.29) is 21.3 Å². The number of phenols is 1. The number of amides is 1. The highest BCUT2D eigenvalue weighted by atomic mass is 35.5. The van der Waals surface area contributed by atoms with Crippen LogP contribution in [0.2, 0.25) is 10.0 Å². The Labute approximate surface area is 156 Å². The van der Waals surface area contributed by atoms with Gasteiger partial charge in [-0.2, -0.15) is 18.4 Å². The van der Waals surface area contributed by atoms with Crippen LogP contribution in [-0.4, -0.2) is 11.0 Å². The lowest BCUT2D eigenvalue weighted by Gasteiger charge is -2.10. The van der Waals surface area contributed by atoms with Crippen molar-refractivity contribution in [2.45, 2.75) is 6.18 Å². The lowest BCUT2D eigenvalue weighted by atomic mass is 10.1. The first-order chi connectivity index (χ1) is 12.1. The van der Waals surface area contributed by atoms with E-state index in [0.717, 1.165) is 24.3 Å². The number of halogens is 5. The lowest BCUT2D eigenvalue weighted by molar-refractivity contribution is -0.137. The van der Waals surface area contributed by atoms with E-state index in [1.165, 1.54) is 18.2 Å². The summed E-state index contributed by atoms with van der Waals surface area (Å²) in [6.07, 6.45) is -3.55. The number of aromatic hydroxyl groups is 1. The number of phenolic OH excluding ortho intramolecular Hbond substituents is 1. The van der Waals surface area contributed by atoms with Gasteiger partial charge in [0.15, 0.2) is 0 Å². The molecule has 1 amide bonds. The second kappa shape index (κ2) is 7.68. The van der Waals surface area contributed by atoms with Crippen molar-refractivity contribution in [2.75, 3.05) is 5.32 Å². The Morgan fingerprint density at radius 2 is 1.92 bits per heavy atom. The van der Waals surface area contributed by atoms with Gasteiger partial charge in [0.1, 0.15) is 17.4 Å². The van der Waals surface area contributed by atoms with Gasteiger partial charge in [-0.25, -0.2) is 0 Å². The van der Waals surface area contributed by atoms with Crippen LogP contribution >= 0.6 is 23.2 Å². The molecule has 0 heterocycles. The summed E-state index contributed by atoms with van der Waals surface area (Å²) in [6, 6.07) is 8.11. The molecule has 2 aromatic carbocycles. The maximum Gasteiger partial charge on any atom is 0.416 e. The van der Waals surface area contributed by atoms with Crippen LogP contribution in [0.25, 0.3) is 6.08 Å². The Morgan fingerprint density at radius 1 is 1.23 bits per heavy atom. The highest BCUT2D eigenvalue weighted by molar-refractivity contribution is 6.36. The minimum atomic E-state index is -4.57. The van der Waals surface area contributed by atoms with E-state index in [1.54, 1.807) is 6.07 Å². The molecular weight excluding hydrogens is 392 g/mol. The van der Waals surface area contributed by atoms with Gasteiger partial charge in [0.05, 0.1) is 10.6 Å². The molecule has 0 fully saturated rings. The monoisotopic (exact) mass is 400 g/mol. The Hall–Kier alpha value is -2.69. The zero-order chi connectivity index (χ0) is 19.5. The molecule has 4 nitrogen and oxygen atoms in total. The van der Waals surface area contributed by atoms with Crippen molar-refractivity contribution in [3.05, 3.63) is 63.1 Å². The number of nitrogens with zero attached hydrogens (tertiary/aromatic N) is 1. The summed E-state index contributed by atoms with van der Waals surface area (Å²) in [5, 5.41) is 21.3. The molecule has 0 aliphatic rings. The number of alkyl halides is 3. The second-order valence-corrected chi connectivity index (χ2v) is 5.87. The van der Waals surface area contributed by atoms with Gasteiger partial charge in [0.2, 0.25) is 0 Å². The van der Waals surface area contributed by atoms with E-state index in [2.05, 4.69) is 5.32 Å². The molecule has 2 aromatic rings. The molecule has 0 radical (unpaired) electrons. The number of benzene rings is 2. The zero-order valence-electron chi connectivity index (χ0n) is 12.7. The Kier molecular flexibility index (Phi) is 5.80. The van der Waals surface area contributed by atoms with Crippen molar-refractivity contribution in [2.24, 2.45) is 0 Å². The SMILES string of the molecule is N#C/C(=C\c1cc(Cl)cc(Cl)c1O)C(=O)Nc1cccc(C(F)(F)F)c1. The number of anilines is 1. The molecule has 0 aliphatic heterocycles. The van der Waals surface area contributed by atoms with Crippen LogP contribution in [0.15, 0.2) is 42.0 Å². The van der Waals surface area contributed by atoms with E-state index in [9.17, 15) is 23.1 Å². The summed E-state index contributed by atoms with van der Waals surface area (Å²) in [7, 11) is 0. The van der Waals surface area contributed by atoms with Crippen molar-refractivity contribution in [1.82, 2.24) is 0 Å². The zero-order valence-corrected chi connectivity index (χ0v) is 14.2. The fourth-order valence-corrected chi connectivity index (χ4v) is 2.48. The molecule has 2 N–H and O–H groups in total. The molecule has 134 valence electrons. The van der Waals surface area contributed by atoms with Crippen LogP contribution in [-0.2, 0) is 11.0 Å². The number of hydrogen-bond donors (Lipinski definition) is 2. The summed E-state index contributed by atoms with van der Waals surface area (Å²) in [6.45, 7) is 0. The molecule has 0 spiro atoms. The summed E-state index contributed by atoms with van der Waals surface area (Å²) < 4.78 is 38.1. The smallest absolute Gasteiger partial charge is 0.416 e. The summed E-state index contributed by atoms with van der Waals surface area (Å²) >= 11 is 11.6. The van der Waals surface area contributed by atoms with Crippen molar-refractivity contribution in [3.63, 3.8) is 0 Å². The van der Waals surface area contributed by atoms with E-state index < -0.39 is 29.0 Å². The highest BCUT2D eigenvalue weighted by Crippen LogP contribution is 2.33. The van der Waals surface area contributed by atoms with Gasteiger partial charge in [-0.1, -0.05) is 29.3 Å². The molecule has 0 unspecified atom stereocenters. The van der Waals surface area contributed by atoms with E-state index in [1.807, 2.05) is 0 Å². The number of carbonyl (C=O) groups is 1. The van der Waals surface area contributed by atoms with Gasteiger partial charge in [-0.3, -0.25) is 4.79 Å². The first-order valence-electron chi connectivity index (χ1n) is 6.90. The standard InChI is InChI=1S/C17H9Cl2F3N2O2/c18-12-5-9(15(25)14(19)7-12)4-10(8-23)16(26)24-13-3-1-2-11(6-13)17(20,21)22/h1-7,25H,(H,24,26)/b10-4+. The predicted molar refractivity (Wildman–Crippen MR) is 91.8 cm³/mol. The average molecular weight is 401 g/mol. The van der Waals surface area contributed by atoms with E-state index in [4.69, 9.17) is 28.5 Å². The minimum Gasteiger partial charge on any atom is -0.506 e. The van der Waals surface area contributed by atoms with Crippen LogP contribution in [0, 0.1) is 11.3 Å². The van der Waals surface area contributed by atoms with Crippen LogP contribution in [0.3, 0.4) is 0 Å². The highest BCUT2D eigenvalue weighted by Gasteiger charge is 2.30. The number of rotatable bonds is 3. The van der Waals surface area contributed by atoms with Gasteiger partial charge in [-0.15, -0.1) is 0 Å². The third kappa shape index (κ3) is 4.69. The first-order valence-corrected chi connectivity index (χ1v) is 7.66. The largest absolute Gasteiger partial charge is 0.506 e. The topological polar surface area (TPSA) is 73.1 Å². The van der Waals surface area contributed by atoms with Crippen molar-refractivity contribution in [3.8, 4) is 11.8 Å². The van der Waals surface area contributed by atoms with Crippen molar-refractivity contribution in [1.29, 1.82) is 5.26 Å². The number of hydrogen-bond acceptors (Lipinski definition) is 3. The Balaban J connectivity index is 2.32. The molecule has 0 bridgehead atoms. The normalized spacial score (nSPS) is 11.8. The van der Waals surface area contributed by atoms with Crippen molar-refractivity contribution >= 4 is 40.9 Å². The molecule has 2 rings (SSSR count). The van der Waals surface area contributed by atoms with Crippen LogP contribution < -0.4 is 5.32 Å². The van der Waals surface area contributed by atoms with Crippen LogP contribution in [0.4, 0.5) is 18.9 Å². The van der Waals surface area contributed by atoms with Gasteiger partial charge < -0.3 is 10.4 Å². The summed E-state index contributed by atoms with van der Waals surface area (Å²) in [4.78, 5) is 12.2. The van der Waals surface area contributed by atoms with Gasteiger partial charge >= 0.3 is 6.18 Å². The molecular formula is C17H9Cl2F3N2O2. The molecule has 0 aliphatic carbocycles. The fourth-order valence-electron chi connectivity index (χ4n) is 1.97. The number of nitrogens with one attached hydrogen (secondary N) is 1. The van der Waals surface area contributed by atoms with Crippen LogP contribution in [0.1, 0.15) is 11.1 Å². The molecule has 9 heteroatoms. The minimum absolute atomic E-state index is 0.0123. The second-order valence-electron chi connectivity index (χ2n) is 5.03. The maximum absolute atomic E-state index is 12.7. The third-order valence-electron chi connectivity index (χ3n) is 3.17. The Bertz CT molecular complexity index is 935. The molecule has 0 atom stereocenters. The number of carbonyl (C=O) groups excluding carboxylic acids is 1. The van der Waals surface area contributed by atoms with Crippen LogP contribution in [0.5, 0.6) is 5.75 Å². The van der Waals surface area contributed by atoms with Crippen molar-refractivity contribution < 1.29 is 23.1 Å². The predicted octanol–water partition coefficient (Wildman–Crippen LogP) is 5.26. The van der Waals surface area contributed by atoms with Gasteiger partial charge in [-0.05, 0) is 36.4 Å². The van der Waals surface area contributed by atoms with Gasteiger partial charge in [0, 0.05) is 16.3 Å².